The van der Waals surface area contributed by atoms with E-state index in [0.29, 0.717) is 25.1 Å². The zero-order chi connectivity index (χ0) is 16.6. The Bertz CT molecular complexity index is 671. The van der Waals surface area contributed by atoms with E-state index in [4.69, 9.17) is 5.73 Å². The van der Waals surface area contributed by atoms with E-state index in [0.717, 1.165) is 24.1 Å². The first-order chi connectivity index (χ1) is 11.0. The molecule has 0 aliphatic carbocycles. The standard InChI is InChI=1S/C17H21N3O3/c1-19-9-7-11(10-15(19)21)17(23)20-8-3-5-12-13(16(18)22)4-2-6-14(12)20/h2,4,6,11H,3,5,7-10H2,1H3,(H2,18,22). The third-order valence-corrected chi connectivity index (χ3v) is 4.79. The van der Waals surface area contributed by atoms with Crippen LogP contribution in [0.1, 0.15) is 35.2 Å². The van der Waals surface area contributed by atoms with Gasteiger partial charge < -0.3 is 15.5 Å². The fourth-order valence-electron chi connectivity index (χ4n) is 3.46. The molecule has 2 aliphatic heterocycles. The summed E-state index contributed by atoms with van der Waals surface area (Å²) in [6.07, 6.45) is 2.48. The van der Waals surface area contributed by atoms with E-state index >= 15 is 0 Å². The van der Waals surface area contributed by atoms with Gasteiger partial charge in [-0.15, -0.1) is 0 Å². The van der Waals surface area contributed by atoms with Crippen molar-refractivity contribution in [1.82, 2.24) is 4.90 Å². The van der Waals surface area contributed by atoms with E-state index < -0.39 is 5.91 Å². The normalized spacial score (nSPS) is 21.1. The van der Waals surface area contributed by atoms with Crippen molar-refractivity contribution >= 4 is 23.4 Å². The van der Waals surface area contributed by atoms with Crippen LogP contribution in [0, 0.1) is 5.92 Å². The molecule has 1 saturated heterocycles. The molecule has 0 aromatic heterocycles. The number of carbonyl (C=O) groups excluding carboxylic acids is 3. The number of piperidine rings is 1. The Morgan fingerprint density at radius 1 is 1.26 bits per heavy atom. The highest BCUT2D eigenvalue weighted by molar-refractivity contribution is 6.02. The Balaban J connectivity index is 1.88. The quantitative estimate of drug-likeness (QED) is 0.881. The second-order valence-electron chi connectivity index (χ2n) is 6.27. The summed E-state index contributed by atoms with van der Waals surface area (Å²) in [5.74, 6) is -0.751. The van der Waals surface area contributed by atoms with Crippen LogP contribution >= 0.6 is 0 Å². The maximum absolute atomic E-state index is 12.9. The Morgan fingerprint density at radius 2 is 2.04 bits per heavy atom. The number of anilines is 1. The second kappa shape index (κ2) is 6.02. The molecule has 1 aromatic carbocycles. The molecule has 1 unspecified atom stereocenters. The summed E-state index contributed by atoms with van der Waals surface area (Å²) < 4.78 is 0. The first-order valence-electron chi connectivity index (χ1n) is 7.96. The molecule has 0 spiro atoms. The minimum atomic E-state index is -0.467. The maximum Gasteiger partial charge on any atom is 0.249 e. The predicted octanol–water partition coefficient (Wildman–Crippen LogP) is 0.933. The van der Waals surface area contributed by atoms with E-state index in [1.165, 1.54) is 0 Å². The molecule has 6 nitrogen and oxygen atoms in total. The monoisotopic (exact) mass is 315 g/mol. The molecular weight excluding hydrogens is 294 g/mol. The zero-order valence-electron chi connectivity index (χ0n) is 13.2. The van der Waals surface area contributed by atoms with Crippen molar-refractivity contribution in [3.63, 3.8) is 0 Å². The largest absolute Gasteiger partial charge is 0.366 e. The van der Waals surface area contributed by atoms with Gasteiger partial charge in [0, 0.05) is 43.7 Å². The van der Waals surface area contributed by atoms with Crippen LogP contribution in [-0.2, 0) is 16.0 Å². The van der Waals surface area contributed by atoms with Crippen molar-refractivity contribution < 1.29 is 14.4 Å². The van der Waals surface area contributed by atoms with Gasteiger partial charge in [-0.05, 0) is 37.0 Å². The number of hydrogen-bond acceptors (Lipinski definition) is 3. The number of hydrogen-bond donors (Lipinski definition) is 1. The lowest BCUT2D eigenvalue weighted by molar-refractivity contribution is -0.138. The molecule has 0 saturated carbocycles. The number of nitrogens with two attached hydrogens (primary N) is 1. The predicted molar refractivity (Wildman–Crippen MR) is 86.0 cm³/mol. The molecule has 0 radical (unpaired) electrons. The molecule has 0 bridgehead atoms. The Labute approximate surface area is 135 Å². The molecule has 3 rings (SSSR count). The van der Waals surface area contributed by atoms with Crippen LogP contribution in [0.25, 0.3) is 0 Å². The summed E-state index contributed by atoms with van der Waals surface area (Å²) in [5, 5.41) is 0. The Kier molecular flexibility index (Phi) is 4.07. The lowest BCUT2D eigenvalue weighted by Gasteiger charge is -2.35. The van der Waals surface area contributed by atoms with Crippen LogP contribution in [0.15, 0.2) is 18.2 Å². The number of primary amides is 1. The van der Waals surface area contributed by atoms with Gasteiger partial charge in [0.25, 0.3) is 0 Å². The van der Waals surface area contributed by atoms with Crippen LogP contribution in [-0.4, -0.2) is 42.8 Å². The lowest BCUT2D eigenvalue weighted by Crippen LogP contribution is -2.45. The Morgan fingerprint density at radius 3 is 2.74 bits per heavy atom. The van der Waals surface area contributed by atoms with Crippen molar-refractivity contribution in [2.45, 2.75) is 25.7 Å². The van der Waals surface area contributed by atoms with E-state index in [2.05, 4.69) is 0 Å². The zero-order valence-corrected chi connectivity index (χ0v) is 13.2. The van der Waals surface area contributed by atoms with Crippen molar-refractivity contribution in [2.75, 3.05) is 25.0 Å². The molecule has 2 heterocycles. The van der Waals surface area contributed by atoms with Crippen molar-refractivity contribution in [3.8, 4) is 0 Å². The number of carbonyl (C=O) groups is 3. The summed E-state index contributed by atoms with van der Waals surface area (Å²) in [5.41, 5.74) is 7.54. The number of likely N-dealkylation sites (tertiary alicyclic amines) is 1. The van der Waals surface area contributed by atoms with Crippen LogP contribution in [0.2, 0.25) is 0 Å². The van der Waals surface area contributed by atoms with Gasteiger partial charge in [-0.25, -0.2) is 0 Å². The molecule has 1 aromatic rings. The van der Waals surface area contributed by atoms with Gasteiger partial charge in [-0.1, -0.05) is 6.07 Å². The van der Waals surface area contributed by atoms with Crippen molar-refractivity contribution in [1.29, 1.82) is 0 Å². The van der Waals surface area contributed by atoms with Crippen LogP contribution in [0.5, 0.6) is 0 Å². The van der Waals surface area contributed by atoms with Gasteiger partial charge in [-0.2, -0.15) is 0 Å². The van der Waals surface area contributed by atoms with Crippen LogP contribution < -0.4 is 10.6 Å². The summed E-state index contributed by atoms with van der Waals surface area (Å²) >= 11 is 0. The highest BCUT2D eigenvalue weighted by atomic mass is 16.2. The molecule has 2 aliphatic rings. The molecule has 3 amide bonds. The summed E-state index contributed by atoms with van der Waals surface area (Å²) in [6.45, 7) is 1.23. The fraction of sp³-hybridized carbons (Fsp3) is 0.471. The molecule has 122 valence electrons. The number of fused-ring (bicyclic) bond motifs is 1. The average Bonchev–Trinajstić information content (AvgIpc) is 2.55. The van der Waals surface area contributed by atoms with Crippen molar-refractivity contribution in [3.05, 3.63) is 29.3 Å². The van der Waals surface area contributed by atoms with Gasteiger partial charge in [0.1, 0.15) is 0 Å². The van der Waals surface area contributed by atoms with Gasteiger partial charge in [-0.3, -0.25) is 14.4 Å². The lowest BCUT2D eigenvalue weighted by atomic mass is 9.91. The topological polar surface area (TPSA) is 83.7 Å². The number of rotatable bonds is 2. The van der Waals surface area contributed by atoms with Crippen LogP contribution in [0.4, 0.5) is 5.69 Å². The van der Waals surface area contributed by atoms with Gasteiger partial charge in [0.15, 0.2) is 0 Å². The first-order valence-corrected chi connectivity index (χ1v) is 7.96. The smallest absolute Gasteiger partial charge is 0.249 e. The van der Waals surface area contributed by atoms with Gasteiger partial charge in [0.05, 0.1) is 0 Å². The summed E-state index contributed by atoms with van der Waals surface area (Å²) in [7, 11) is 1.76. The SMILES string of the molecule is CN1CCC(C(=O)N2CCCc3c(C(N)=O)cccc32)CC1=O. The van der Waals surface area contributed by atoms with Crippen molar-refractivity contribution in [2.24, 2.45) is 11.7 Å². The maximum atomic E-state index is 12.9. The number of nitrogens with zero attached hydrogens (tertiary/aromatic N) is 2. The third-order valence-electron chi connectivity index (χ3n) is 4.79. The van der Waals surface area contributed by atoms with Gasteiger partial charge in [0.2, 0.25) is 17.7 Å². The Hall–Kier alpha value is -2.37. The molecule has 6 heteroatoms. The summed E-state index contributed by atoms with van der Waals surface area (Å²) in [4.78, 5) is 39.8. The fourth-order valence-corrected chi connectivity index (χ4v) is 3.46. The molecule has 23 heavy (non-hydrogen) atoms. The number of amides is 3. The molecule has 1 atom stereocenters. The van der Waals surface area contributed by atoms with E-state index in [9.17, 15) is 14.4 Å². The minimum absolute atomic E-state index is 0.0118. The highest BCUT2D eigenvalue weighted by Crippen LogP contribution is 2.32. The number of benzene rings is 1. The van der Waals surface area contributed by atoms with E-state index in [1.54, 1.807) is 29.0 Å². The summed E-state index contributed by atoms with van der Waals surface area (Å²) in [6, 6.07) is 5.31. The molecular formula is C17H21N3O3. The molecule has 1 fully saturated rings. The van der Waals surface area contributed by atoms with Crippen LogP contribution in [0.3, 0.4) is 0 Å². The van der Waals surface area contributed by atoms with Gasteiger partial charge >= 0.3 is 0 Å². The third kappa shape index (κ3) is 2.81. The first kappa shape index (κ1) is 15.5. The highest BCUT2D eigenvalue weighted by Gasteiger charge is 2.34. The van der Waals surface area contributed by atoms with E-state index in [-0.39, 0.29) is 24.2 Å². The average molecular weight is 315 g/mol. The second-order valence-corrected chi connectivity index (χ2v) is 6.27. The van der Waals surface area contributed by atoms with E-state index in [1.807, 2.05) is 6.07 Å². The minimum Gasteiger partial charge on any atom is -0.366 e. The molecule has 2 N–H and O–H groups in total.